The van der Waals surface area contributed by atoms with Gasteiger partial charge in [-0.2, -0.15) is 0 Å². The van der Waals surface area contributed by atoms with Gasteiger partial charge in [-0.25, -0.2) is 0 Å². The van der Waals surface area contributed by atoms with E-state index in [2.05, 4.69) is 148 Å². The Bertz CT molecular complexity index is 3100. The van der Waals surface area contributed by atoms with Gasteiger partial charge in [0, 0.05) is 69.1 Å². The van der Waals surface area contributed by atoms with E-state index in [4.69, 9.17) is 0 Å². The molecular weight excluding hydrogens is 611 g/mol. The summed E-state index contributed by atoms with van der Waals surface area (Å²) in [5.74, 6) is 0. The van der Waals surface area contributed by atoms with Crippen molar-refractivity contribution >= 4 is 104 Å². The molecule has 0 spiro atoms. The van der Waals surface area contributed by atoms with Crippen molar-refractivity contribution in [2.24, 2.45) is 0 Å². The maximum Gasteiger partial charge on any atom is 0.278 e. The minimum Gasteiger partial charge on any atom is -0.383 e. The van der Waals surface area contributed by atoms with Crippen molar-refractivity contribution in [1.82, 2.24) is 8.88 Å². The Labute approximate surface area is 290 Å². The summed E-state index contributed by atoms with van der Waals surface area (Å²) in [6, 6.07) is 35.2. The van der Waals surface area contributed by atoms with Crippen LogP contribution in [0.15, 0.2) is 91.0 Å². The standard InChI is InChI=1S/C45H37BN2S/c1-23-12-10-14-26-27-15-11-16-29-35-36-28-13-8-9-17-34(28)49-43(36)37-32-22-25(45(5,6)7)21-31-30-20-24(44(2,3)4)18-19-33(30)48(41(31)32)46-38(37)42(35)47(39(23)26)40(27)29/h8-22,46H,1-7H3. The van der Waals surface area contributed by atoms with E-state index >= 15 is 0 Å². The molecule has 0 saturated heterocycles. The summed E-state index contributed by atoms with van der Waals surface area (Å²) in [6.07, 6.45) is 0. The van der Waals surface area contributed by atoms with Crippen molar-refractivity contribution in [2.45, 2.75) is 59.3 Å². The van der Waals surface area contributed by atoms with Crippen LogP contribution in [0, 0.1) is 6.92 Å². The molecule has 5 heterocycles. The topological polar surface area (TPSA) is 9.34 Å². The van der Waals surface area contributed by atoms with Gasteiger partial charge < -0.3 is 8.88 Å². The number of benzene rings is 6. The fraction of sp³-hybridized carbons (Fsp3) is 0.200. The molecule has 11 rings (SSSR count). The number of rotatable bonds is 0. The monoisotopic (exact) mass is 648 g/mol. The summed E-state index contributed by atoms with van der Waals surface area (Å²) < 4.78 is 8.11. The average molecular weight is 649 g/mol. The summed E-state index contributed by atoms with van der Waals surface area (Å²) in [7, 11) is 0.847. The second kappa shape index (κ2) is 8.86. The van der Waals surface area contributed by atoms with E-state index in [0.717, 1.165) is 7.41 Å². The predicted octanol–water partition coefficient (Wildman–Crippen LogP) is 11.7. The summed E-state index contributed by atoms with van der Waals surface area (Å²) in [6.45, 7) is 16.4. The normalized spacial score (nSPS) is 13.8. The minimum atomic E-state index is 0.00447. The van der Waals surface area contributed by atoms with Gasteiger partial charge in [0.05, 0.1) is 16.6 Å². The predicted molar refractivity (Wildman–Crippen MR) is 217 cm³/mol. The Morgan fingerprint density at radius 3 is 2.06 bits per heavy atom. The number of nitrogens with zero attached hydrogens (tertiary/aromatic N) is 2. The SMILES string of the molecule is Cc1cccc2c3cccc4c5c6c(sc7ccccc76)c6c(c5n(c12)c34)Bn1c2ccc(C(C)(C)C)cc2c2cc(C(C)(C)C)cc-6c21. The Balaban J connectivity index is 1.44. The van der Waals surface area contributed by atoms with E-state index in [9.17, 15) is 0 Å². The molecule has 4 heteroatoms. The van der Waals surface area contributed by atoms with Crippen LogP contribution in [0.25, 0.3) is 91.2 Å². The van der Waals surface area contributed by atoms with Gasteiger partial charge in [0.2, 0.25) is 0 Å². The fourth-order valence-electron chi connectivity index (χ4n) is 9.30. The van der Waals surface area contributed by atoms with E-state index in [0.29, 0.717) is 0 Å². The van der Waals surface area contributed by atoms with E-state index < -0.39 is 0 Å². The molecule has 0 saturated carbocycles. The van der Waals surface area contributed by atoms with E-state index in [-0.39, 0.29) is 10.8 Å². The maximum atomic E-state index is 2.66. The van der Waals surface area contributed by atoms with Crippen molar-refractivity contribution in [3.05, 3.63) is 108 Å². The highest BCUT2D eigenvalue weighted by atomic mass is 32.1. The Hall–Kier alpha value is -4.80. The smallest absolute Gasteiger partial charge is 0.278 e. The highest BCUT2D eigenvalue weighted by Crippen LogP contribution is 2.51. The van der Waals surface area contributed by atoms with Gasteiger partial charge in [-0.05, 0) is 75.8 Å². The summed E-state index contributed by atoms with van der Waals surface area (Å²) in [5.41, 5.74) is 15.3. The lowest BCUT2D eigenvalue weighted by Gasteiger charge is -2.26. The van der Waals surface area contributed by atoms with E-state index in [1.807, 2.05) is 11.3 Å². The van der Waals surface area contributed by atoms with Crippen LogP contribution in [-0.4, -0.2) is 16.3 Å². The zero-order valence-electron chi connectivity index (χ0n) is 29.2. The van der Waals surface area contributed by atoms with Crippen molar-refractivity contribution in [1.29, 1.82) is 0 Å². The molecule has 236 valence electrons. The molecule has 0 bridgehead atoms. The molecule has 49 heavy (non-hydrogen) atoms. The first-order valence-electron chi connectivity index (χ1n) is 17.7. The number of fused-ring (bicyclic) bond motifs is 17. The van der Waals surface area contributed by atoms with Crippen LogP contribution in [0.4, 0.5) is 0 Å². The number of aromatic nitrogens is 2. The third-order valence-electron chi connectivity index (χ3n) is 11.7. The highest BCUT2D eigenvalue weighted by molar-refractivity contribution is 7.26. The lowest BCUT2D eigenvalue weighted by molar-refractivity contribution is 0.590. The molecule has 0 amide bonds. The summed E-state index contributed by atoms with van der Waals surface area (Å²) in [4.78, 5) is 0. The second-order valence-electron chi connectivity index (χ2n) is 16.6. The Morgan fingerprint density at radius 1 is 0.571 bits per heavy atom. The lowest BCUT2D eigenvalue weighted by atomic mass is 9.71. The first-order chi connectivity index (χ1) is 23.5. The molecule has 6 aromatic carbocycles. The van der Waals surface area contributed by atoms with Crippen molar-refractivity contribution < 1.29 is 0 Å². The van der Waals surface area contributed by atoms with Gasteiger partial charge in [0.25, 0.3) is 7.41 Å². The summed E-state index contributed by atoms with van der Waals surface area (Å²) in [5, 5.41) is 11.0. The molecule has 1 aliphatic rings. The fourth-order valence-corrected chi connectivity index (χ4v) is 10.6. The maximum absolute atomic E-state index is 2.66. The van der Waals surface area contributed by atoms with E-state index in [1.54, 1.807) is 0 Å². The number of thiophene rings is 1. The van der Waals surface area contributed by atoms with Gasteiger partial charge in [0.15, 0.2) is 0 Å². The van der Waals surface area contributed by atoms with Crippen LogP contribution < -0.4 is 5.46 Å². The Morgan fingerprint density at radius 2 is 1.27 bits per heavy atom. The quantitative estimate of drug-likeness (QED) is 0.145. The number of hydrogen-bond acceptors (Lipinski definition) is 1. The minimum absolute atomic E-state index is 0.00447. The van der Waals surface area contributed by atoms with Crippen molar-refractivity contribution in [2.75, 3.05) is 0 Å². The lowest BCUT2D eigenvalue weighted by Crippen LogP contribution is -2.30. The van der Waals surface area contributed by atoms with Gasteiger partial charge >= 0.3 is 0 Å². The third kappa shape index (κ3) is 3.39. The van der Waals surface area contributed by atoms with Crippen molar-refractivity contribution in [3.8, 4) is 11.1 Å². The molecule has 0 unspecified atom stereocenters. The second-order valence-corrected chi connectivity index (χ2v) is 17.7. The Kier molecular flexibility index (Phi) is 5.08. The van der Waals surface area contributed by atoms with Gasteiger partial charge in [-0.15, -0.1) is 11.3 Å². The largest absolute Gasteiger partial charge is 0.383 e. The number of para-hydroxylation sites is 2. The van der Waals surface area contributed by atoms with Gasteiger partial charge in [-0.3, -0.25) is 0 Å². The first kappa shape index (κ1) is 28.1. The zero-order valence-corrected chi connectivity index (χ0v) is 30.0. The van der Waals surface area contributed by atoms with Crippen LogP contribution in [0.1, 0.15) is 58.2 Å². The number of hydrogen-bond donors (Lipinski definition) is 0. The average Bonchev–Trinajstić information content (AvgIpc) is 3.80. The van der Waals surface area contributed by atoms with Crippen LogP contribution >= 0.6 is 11.3 Å². The van der Waals surface area contributed by atoms with Crippen molar-refractivity contribution in [3.63, 3.8) is 0 Å². The van der Waals surface area contributed by atoms with Gasteiger partial charge in [-0.1, -0.05) is 102 Å². The van der Waals surface area contributed by atoms with Crippen LogP contribution in [0.2, 0.25) is 0 Å². The molecular formula is C45H37BN2S. The molecule has 4 aromatic heterocycles. The number of aryl methyl sites for hydroxylation is 1. The van der Waals surface area contributed by atoms with E-state index in [1.165, 1.54) is 113 Å². The molecule has 2 nitrogen and oxygen atoms in total. The molecule has 0 radical (unpaired) electrons. The molecule has 1 aliphatic heterocycles. The van der Waals surface area contributed by atoms with Crippen LogP contribution in [0.5, 0.6) is 0 Å². The van der Waals surface area contributed by atoms with Gasteiger partial charge in [0.1, 0.15) is 0 Å². The molecule has 10 aromatic rings. The highest BCUT2D eigenvalue weighted by Gasteiger charge is 2.33. The molecule has 0 fully saturated rings. The first-order valence-corrected chi connectivity index (χ1v) is 18.5. The summed E-state index contributed by atoms with van der Waals surface area (Å²) >= 11 is 1.99. The van der Waals surface area contributed by atoms with Crippen LogP contribution in [0.3, 0.4) is 0 Å². The zero-order chi connectivity index (χ0) is 33.3. The van der Waals surface area contributed by atoms with Crippen LogP contribution in [-0.2, 0) is 10.8 Å². The third-order valence-corrected chi connectivity index (χ3v) is 12.9. The molecule has 0 N–H and O–H groups in total. The molecule has 0 atom stereocenters. The molecule has 0 aliphatic carbocycles.